The molecule has 0 spiro atoms. The molecule has 0 atom stereocenters. The van der Waals surface area contributed by atoms with Crippen molar-refractivity contribution in [1.82, 2.24) is 15.1 Å². The van der Waals surface area contributed by atoms with Gasteiger partial charge in [-0.3, -0.25) is 4.68 Å². The second kappa shape index (κ2) is 6.87. The number of aryl methyl sites for hydroxylation is 2. The van der Waals surface area contributed by atoms with Crippen LogP contribution in [0.5, 0.6) is 0 Å². The molecule has 15 heavy (non-hydrogen) atoms. The smallest absolute Gasteiger partial charge is 0.0939 e. The summed E-state index contributed by atoms with van der Waals surface area (Å²) < 4.78 is 6.87. The number of rotatable bonds is 7. The SMILES string of the molecule is COCCNCCSc1cc(C)nn1C. The van der Waals surface area contributed by atoms with Gasteiger partial charge in [0.25, 0.3) is 0 Å². The predicted octanol–water partition coefficient (Wildman–Crippen LogP) is 1.06. The van der Waals surface area contributed by atoms with Gasteiger partial charge in [-0.2, -0.15) is 5.10 Å². The highest BCUT2D eigenvalue weighted by molar-refractivity contribution is 7.99. The fraction of sp³-hybridized carbons (Fsp3) is 0.700. The van der Waals surface area contributed by atoms with Crippen molar-refractivity contribution in [3.05, 3.63) is 11.8 Å². The molecule has 0 saturated carbocycles. The number of ether oxygens (including phenoxy) is 1. The summed E-state index contributed by atoms with van der Waals surface area (Å²) in [5.74, 6) is 1.06. The van der Waals surface area contributed by atoms with Gasteiger partial charge in [0.2, 0.25) is 0 Å². The van der Waals surface area contributed by atoms with Crippen molar-refractivity contribution in [2.45, 2.75) is 11.9 Å². The molecular weight excluding hydrogens is 210 g/mol. The topological polar surface area (TPSA) is 39.1 Å². The molecule has 1 heterocycles. The predicted molar refractivity (Wildman–Crippen MR) is 63.4 cm³/mol. The van der Waals surface area contributed by atoms with E-state index in [9.17, 15) is 0 Å². The van der Waals surface area contributed by atoms with Crippen LogP contribution in [0.1, 0.15) is 5.69 Å². The van der Waals surface area contributed by atoms with Gasteiger partial charge in [0.15, 0.2) is 0 Å². The highest BCUT2D eigenvalue weighted by Gasteiger charge is 2.01. The third-order valence-electron chi connectivity index (χ3n) is 1.97. The van der Waals surface area contributed by atoms with E-state index in [0.29, 0.717) is 0 Å². The summed E-state index contributed by atoms with van der Waals surface area (Å²) in [6.45, 7) is 4.70. The number of methoxy groups -OCH3 is 1. The molecule has 0 fully saturated rings. The van der Waals surface area contributed by atoms with Crippen LogP contribution in [0, 0.1) is 6.92 Å². The molecular formula is C10H19N3OS. The molecule has 0 bridgehead atoms. The van der Waals surface area contributed by atoms with Gasteiger partial charge in [-0.1, -0.05) is 0 Å². The number of nitrogens with zero attached hydrogens (tertiary/aromatic N) is 2. The van der Waals surface area contributed by atoms with Gasteiger partial charge in [0, 0.05) is 33.0 Å². The van der Waals surface area contributed by atoms with Crippen molar-refractivity contribution >= 4 is 11.8 Å². The molecule has 0 saturated heterocycles. The number of nitrogens with one attached hydrogen (secondary N) is 1. The minimum atomic E-state index is 0.773. The van der Waals surface area contributed by atoms with Crippen molar-refractivity contribution in [2.24, 2.45) is 7.05 Å². The first-order valence-corrected chi connectivity index (χ1v) is 6.05. The Bertz CT molecular complexity index is 288. The Balaban J connectivity index is 2.12. The summed E-state index contributed by atoms with van der Waals surface area (Å²) in [5.41, 5.74) is 1.08. The van der Waals surface area contributed by atoms with Crippen LogP contribution in [0.3, 0.4) is 0 Å². The second-order valence-electron chi connectivity index (χ2n) is 3.34. The average molecular weight is 229 g/mol. The monoisotopic (exact) mass is 229 g/mol. The molecule has 1 N–H and O–H groups in total. The molecule has 0 aliphatic heterocycles. The quantitative estimate of drug-likeness (QED) is 0.560. The molecule has 1 aromatic heterocycles. The summed E-state index contributed by atoms with van der Waals surface area (Å²) in [7, 11) is 3.70. The van der Waals surface area contributed by atoms with E-state index in [1.165, 1.54) is 5.03 Å². The Labute approximate surface area is 95.4 Å². The molecule has 0 aromatic carbocycles. The van der Waals surface area contributed by atoms with E-state index in [-0.39, 0.29) is 0 Å². The zero-order valence-corrected chi connectivity index (χ0v) is 10.4. The van der Waals surface area contributed by atoms with E-state index in [4.69, 9.17) is 4.74 Å². The maximum Gasteiger partial charge on any atom is 0.0939 e. The molecule has 86 valence electrons. The van der Waals surface area contributed by atoms with Crippen LogP contribution in [-0.2, 0) is 11.8 Å². The van der Waals surface area contributed by atoms with Crippen LogP contribution in [0.4, 0.5) is 0 Å². The van der Waals surface area contributed by atoms with E-state index in [1.54, 1.807) is 7.11 Å². The van der Waals surface area contributed by atoms with Gasteiger partial charge in [-0.05, 0) is 13.0 Å². The average Bonchev–Trinajstić information content (AvgIpc) is 2.51. The molecule has 0 aliphatic rings. The lowest BCUT2D eigenvalue weighted by Crippen LogP contribution is -2.21. The maximum absolute atomic E-state index is 4.95. The minimum absolute atomic E-state index is 0.773. The molecule has 0 unspecified atom stereocenters. The van der Waals surface area contributed by atoms with Gasteiger partial charge in [0.05, 0.1) is 17.3 Å². The molecule has 1 aromatic rings. The Morgan fingerprint density at radius 2 is 2.33 bits per heavy atom. The largest absolute Gasteiger partial charge is 0.383 e. The van der Waals surface area contributed by atoms with E-state index in [0.717, 1.165) is 31.1 Å². The zero-order valence-electron chi connectivity index (χ0n) is 9.62. The lowest BCUT2D eigenvalue weighted by atomic mass is 10.5. The van der Waals surface area contributed by atoms with Crippen LogP contribution in [-0.4, -0.2) is 42.3 Å². The third-order valence-corrected chi connectivity index (χ3v) is 3.06. The standard InChI is InChI=1S/C10H19N3OS/c1-9-8-10(13(2)12-9)15-7-5-11-4-6-14-3/h8,11H,4-7H2,1-3H3. The van der Waals surface area contributed by atoms with E-state index in [1.807, 2.05) is 30.4 Å². The van der Waals surface area contributed by atoms with Gasteiger partial charge < -0.3 is 10.1 Å². The highest BCUT2D eigenvalue weighted by atomic mass is 32.2. The van der Waals surface area contributed by atoms with Crippen LogP contribution in [0.15, 0.2) is 11.1 Å². The fourth-order valence-electron chi connectivity index (χ4n) is 1.25. The summed E-state index contributed by atoms with van der Waals surface area (Å²) >= 11 is 1.82. The van der Waals surface area contributed by atoms with Crippen molar-refractivity contribution in [2.75, 3.05) is 32.6 Å². The Morgan fingerprint density at radius 1 is 1.53 bits per heavy atom. The first kappa shape index (κ1) is 12.5. The highest BCUT2D eigenvalue weighted by Crippen LogP contribution is 2.17. The fourth-order valence-corrected chi connectivity index (χ4v) is 2.19. The van der Waals surface area contributed by atoms with Crippen LogP contribution < -0.4 is 5.32 Å². The normalized spacial score (nSPS) is 10.9. The lowest BCUT2D eigenvalue weighted by Gasteiger charge is -2.03. The van der Waals surface area contributed by atoms with Crippen LogP contribution >= 0.6 is 11.8 Å². The van der Waals surface area contributed by atoms with E-state index < -0.39 is 0 Å². The van der Waals surface area contributed by atoms with Crippen LogP contribution in [0.25, 0.3) is 0 Å². The lowest BCUT2D eigenvalue weighted by molar-refractivity contribution is 0.200. The number of hydrogen-bond donors (Lipinski definition) is 1. The van der Waals surface area contributed by atoms with Gasteiger partial charge in [-0.15, -0.1) is 11.8 Å². The molecule has 5 heteroatoms. The summed E-state index contributed by atoms with van der Waals surface area (Å²) in [6.07, 6.45) is 0. The van der Waals surface area contributed by atoms with E-state index in [2.05, 4.69) is 16.5 Å². The van der Waals surface area contributed by atoms with Crippen molar-refractivity contribution < 1.29 is 4.74 Å². The van der Waals surface area contributed by atoms with Crippen molar-refractivity contribution in [3.8, 4) is 0 Å². The third kappa shape index (κ3) is 4.68. The Kier molecular flexibility index (Phi) is 5.75. The number of aromatic nitrogens is 2. The number of thioether (sulfide) groups is 1. The van der Waals surface area contributed by atoms with Gasteiger partial charge in [0.1, 0.15) is 0 Å². The minimum Gasteiger partial charge on any atom is -0.383 e. The van der Waals surface area contributed by atoms with E-state index >= 15 is 0 Å². The molecule has 0 amide bonds. The van der Waals surface area contributed by atoms with Gasteiger partial charge >= 0.3 is 0 Å². The molecule has 0 aliphatic carbocycles. The van der Waals surface area contributed by atoms with Crippen LogP contribution in [0.2, 0.25) is 0 Å². The summed E-state index contributed by atoms with van der Waals surface area (Å²) in [5, 5.41) is 8.83. The second-order valence-corrected chi connectivity index (χ2v) is 4.45. The maximum atomic E-state index is 4.95. The Morgan fingerprint density at radius 3 is 2.93 bits per heavy atom. The number of hydrogen-bond acceptors (Lipinski definition) is 4. The Hall–Kier alpha value is -0.520. The molecule has 4 nitrogen and oxygen atoms in total. The molecule has 1 rings (SSSR count). The van der Waals surface area contributed by atoms with Crippen molar-refractivity contribution in [1.29, 1.82) is 0 Å². The van der Waals surface area contributed by atoms with Crippen molar-refractivity contribution in [3.63, 3.8) is 0 Å². The first-order valence-electron chi connectivity index (χ1n) is 5.07. The molecule has 0 radical (unpaired) electrons. The summed E-state index contributed by atoms with van der Waals surface area (Å²) in [6, 6.07) is 2.11. The zero-order chi connectivity index (χ0) is 11.1. The van der Waals surface area contributed by atoms with Gasteiger partial charge in [-0.25, -0.2) is 0 Å². The first-order chi connectivity index (χ1) is 7.24. The summed E-state index contributed by atoms with van der Waals surface area (Å²) in [4.78, 5) is 0.